The predicted molar refractivity (Wildman–Crippen MR) is 72.8 cm³/mol. The maximum Gasteiger partial charge on any atom is 0.323 e. The standard InChI is InChI=1S/C14H20N2O3/c1-3-15(10-12-8-6-5-7-9-12)14(19)16(4-2)11-13(17)18/h5-9H,3-4,10-11H2,1-2H3,(H,17,18). The molecule has 5 heteroatoms. The summed E-state index contributed by atoms with van der Waals surface area (Å²) < 4.78 is 0. The van der Waals surface area contributed by atoms with Gasteiger partial charge in [0.25, 0.3) is 0 Å². The van der Waals surface area contributed by atoms with Gasteiger partial charge in [-0.05, 0) is 19.4 Å². The Labute approximate surface area is 113 Å². The minimum Gasteiger partial charge on any atom is -0.480 e. The van der Waals surface area contributed by atoms with Crippen LogP contribution in [-0.2, 0) is 11.3 Å². The second-order valence-electron chi connectivity index (χ2n) is 4.19. The topological polar surface area (TPSA) is 60.9 Å². The molecule has 0 heterocycles. The molecule has 0 aromatic heterocycles. The van der Waals surface area contributed by atoms with Crippen molar-refractivity contribution in [1.29, 1.82) is 0 Å². The number of carbonyl (C=O) groups is 2. The number of amides is 2. The van der Waals surface area contributed by atoms with Crippen molar-refractivity contribution in [2.75, 3.05) is 19.6 Å². The van der Waals surface area contributed by atoms with E-state index in [9.17, 15) is 9.59 Å². The van der Waals surface area contributed by atoms with Gasteiger partial charge in [-0.2, -0.15) is 0 Å². The van der Waals surface area contributed by atoms with Crippen molar-refractivity contribution < 1.29 is 14.7 Å². The number of likely N-dealkylation sites (N-methyl/N-ethyl adjacent to an activating group) is 1. The minimum absolute atomic E-state index is 0.240. The van der Waals surface area contributed by atoms with Crippen LogP contribution >= 0.6 is 0 Å². The lowest BCUT2D eigenvalue weighted by Gasteiger charge is -2.28. The zero-order valence-electron chi connectivity index (χ0n) is 11.4. The predicted octanol–water partition coefficient (Wildman–Crippen LogP) is 2.04. The van der Waals surface area contributed by atoms with Crippen molar-refractivity contribution in [3.8, 4) is 0 Å². The monoisotopic (exact) mass is 264 g/mol. The van der Waals surface area contributed by atoms with Crippen LogP contribution in [-0.4, -0.2) is 46.5 Å². The first-order chi connectivity index (χ1) is 9.08. The van der Waals surface area contributed by atoms with Gasteiger partial charge in [0.1, 0.15) is 6.54 Å². The molecular weight excluding hydrogens is 244 g/mol. The molecule has 1 rings (SSSR count). The Balaban J connectivity index is 2.72. The number of benzene rings is 1. The number of urea groups is 1. The van der Waals surface area contributed by atoms with Gasteiger partial charge in [-0.3, -0.25) is 4.79 Å². The number of carbonyl (C=O) groups excluding carboxylic acids is 1. The fraction of sp³-hybridized carbons (Fsp3) is 0.429. The molecule has 0 atom stereocenters. The molecule has 1 N–H and O–H groups in total. The summed E-state index contributed by atoms with van der Waals surface area (Å²) in [6.45, 7) is 4.82. The molecule has 0 saturated heterocycles. The van der Waals surface area contributed by atoms with Crippen LogP contribution in [0.25, 0.3) is 0 Å². The number of aliphatic carboxylic acids is 1. The number of carboxylic acid groups (broad SMARTS) is 1. The van der Waals surface area contributed by atoms with Crippen LogP contribution in [0.5, 0.6) is 0 Å². The fourth-order valence-electron chi connectivity index (χ4n) is 1.80. The maximum absolute atomic E-state index is 12.2. The van der Waals surface area contributed by atoms with E-state index in [0.29, 0.717) is 19.6 Å². The van der Waals surface area contributed by atoms with Crippen molar-refractivity contribution in [3.63, 3.8) is 0 Å². The number of hydrogen-bond donors (Lipinski definition) is 1. The van der Waals surface area contributed by atoms with Crippen LogP contribution in [0.1, 0.15) is 19.4 Å². The van der Waals surface area contributed by atoms with E-state index in [2.05, 4.69) is 0 Å². The lowest BCUT2D eigenvalue weighted by atomic mass is 10.2. The third kappa shape index (κ3) is 4.62. The molecule has 1 aromatic rings. The van der Waals surface area contributed by atoms with Gasteiger partial charge >= 0.3 is 12.0 Å². The highest BCUT2D eigenvalue weighted by molar-refractivity contribution is 5.80. The SMILES string of the molecule is CCN(CC(=O)O)C(=O)N(CC)Cc1ccccc1. The first kappa shape index (κ1) is 15.0. The number of rotatable bonds is 6. The maximum atomic E-state index is 12.2. The van der Waals surface area contributed by atoms with E-state index in [1.807, 2.05) is 37.3 Å². The largest absolute Gasteiger partial charge is 0.480 e. The molecule has 0 radical (unpaired) electrons. The van der Waals surface area contributed by atoms with Crippen LogP contribution in [0, 0.1) is 0 Å². The molecule has 5 nitrogen and oxygen atoms in total. The summed E-state index contributed by atoms with van der Waals surface area (Å²) in [7, 11) is 0. The summed E-state index contributed by atoms with van der Waals surface area (Å²) in [5.41, 5.74) is 1.03. The van der Waals surface area contributed by atoms with Crippen molar-refractivity contribution in [3.05, 3.63) is 35.9 Å². The Hall–Kier alpha value is -2.04. The first-order valence-electron chi connectivity index (χ1n) is 6.38. The molecule has 2 amide bonds. The highest BCUT2D eigenvalue weighted by atomic mass is 16.4. The second kappa shape index (κ2) is 7.41. The van der Waals surface area contributed by atoms with Crippen molar-refractivity contribution in [2.24, 2.45) is 0 Å². The Kier molecular flexibility index (Phi) is 5.85. The van der Waals surface area contributed by atoms with Crippen molar-refractivity contribution in [1.82, 2.24) is 9.80 Å². The molecule has 0 unspecified atom stereocenters. The van der Waals surface area contributed by atoms with Gasteiger partial charge in [-0.1, -0.05) is 30.3 Å². The lowest BCUT2D eigenvalue weighted by Crippen LogP contribution is -2.44. The number of nitrogens with zero attached hydrogens (tertiary/aromatic N) is 2. The van der Waals surface area contributed by atoms with Gasteiger partial charge in [-0.15, -0.1) is 0 Å². The van der Waals surface area contributed by atoms with Gasteiger partial charge < -0.3 is 14.9 Å². The van der Waals surface area contributed by atoms with Gasteiger partial charge in [-0.25, -0.2) is 4.79 Å². The summed E-state index contributed by atoms with van der Waals surface area (Å²) in [4.78, 5) is 25.9. The number of carboxylic acids is 1. The van der Waals surface area contributed by atoms with E-state index in [4.69, 9.17) is 5.11 Å². The first-order valence-corrected chi connectivity index (χ1v) is 6.38. The minimum atomic E-state index is -0.994. The lowest BCUT2D eigenvalue weighted by molar-refractivity contribution is -0.137. The summed E-state index contributed by atoms with van der Waals surface area (Å²) >= 11 is 0. The third-order valence-corrected chi connectivity index (χ3v) is 2.85. The fourth-order valence-corrected chi connectivity index (χ4v) is 1.80. The summed E-state index contributed by atoms with van der Waals surface area (Å²) in [5.74, 6) is -0.994. The molecule has 0 aliphatic rings. The Bertz CT molecular complexity index is 420. The van der Waals surface area contributed by atoms with Gasteiger partial charge in [0, 0.05) is 19.6 Å². The summed E-state index contributed by atoms with van der Waals surface area (Å²) in [6.07, 6.45) is 0. The average molecular weight is 264 g/mol. The zero-order chi connectivity index (χ0) is 14.3. The molecular formula is C14H20N2O3. The van der Waals surface area contributed by atoms with Gasteiger partial charge in [0.2, 0.25) is 0 Å². The summed E-state index contributed by atoms with van der Waals surface area (Å²) in [5, 5.41) is 8.80. The molecule has 0 fully saturated rings. The van der Waals surface area contributed by atoms with Crippen LogP contribution < -0.4 is 0 Å². The Morgan fingerprint density at radius 2 is 1.63 bits per heavy atom. The van der Waals surface area contributed by atoms with Crippen LogP contribution in [0.2, 0.25) is 0 Å². The highest BCUT2D eigenvalue weighted by Gasteiger charge is 2.20. The normalized spacial score (nSPS) is 10.0. The average Bonchev–Trinajstić information content (AvgIpc) is 2.42. The summed E-state index contributed by atoms with van der Waals surface area (Å²) in [6, 6.07) is 9.42. The quantitative estimate of drug-likeness (QED) is 0.855. The number of hydrogen-bond acceptors (Lipinski definition) is 2. The molecule has 0 saturated carbocycles. The smallest absolute Gasteiger partial charge is 0.323 e. The Morgan fingerprint density at radius 1 is 1.05 bits per heavy atom. The van der Waals surface area contributed by atoms with E-state index in [1.54, 1.807) is 11.8 Å². The molecule has 19 heavy (non-hydrogen) atoms. The van der Waals surface area contributed by atoms with E-state index < -0.39 is 5.97 Å². The van der Waals surface area contributed by atoms with Crippen molar-refractivity contribution in [2.45, 2.75) is 20.4 Å². The Morgan fingerprint density at radius 3 is 2.11 bits per heavy atom. The molecule has 0 spiro atoms. The highest BCUT2D eigenvalue weighted by Crippen LogP contribution is 2.07. The molecule has 0 bridgehead atoms. The van der Waals surface area contributed by atoms with Gasteiger partial charge in [0.15, 0.2) is 0 Å². The van der Waals surface area contributed by atoms with Crippen molar-refractivity contribution >= 4 is 12.0 Å². The molecule has 104 valence electrons. The van der Waals surface area contributed by atoms with E-state index in [-0.39, 0.29) is 12.6 Å². The zero-order valence-corrected chi connectivity index (χ0v) is 11.4. The van der Waals surface area contributed by atoms with E-state index >= 15 is 0 Å². The third-order valence-electron chi connectivity index (χ3n) is 2.85. The second-order valence-corrected chi connectivity index (χ2v) is 4.19. The molecule has 0 aliphatic carbocycles. The van der Waals surface area contributed by atoms with Crippen LogP contribution in [0.3, 0.4) is 0 Å². The molecule has 0 aliphatic heterocycles. The molecule has 1 aromatic carbocycles. The van der Waals surface area contributed by atoms with Crippen LogP contribution in [0.15, 0.2) is 30.3 Å². The van der Waals surface area contributed by atoms with E-state index in [1.165, 1.54) is 4.90 Å². The van der Waals surface area contributed by atoms with E-state index in [0.717, 1.165) is 5.56 Å². The van der Waals surface area contributed by atoms with Crippen LogP contribution in [0.4, 0.5) is 4.79 Å². The van der Waals surface area contributed by atoms with Gasteiger partial charge in [0.05, 0.1) is 0 Å².